The van der Waals surface area contributed by atoms with Crippen LogP contribution in [0.1, 0.15) is 130 Å². The normalized spacial score (nSPS) is 27.6. The van der Waals surface area contributed by atoms with Crippen LogP contribution in [-0.2, 0) is 19.1 Å². The minimum absolute atomic E-state index is 0.166. The lowest BCUT2D eigenvalue weighted by molar-refractivity contribution is -0.139. The van der Waals surface area contributed by atoms with Gasteiger partial charge in [0.05, 0.1) is 13.2 Å². The van der Waals surface area contributed by atoms with Crippen molar-refractivity contribution in [1.29, 1.82) is 0 Å². The molecule has 4 amide bonds. The number of hydrogen-bond donors (Lipinski definition) is 2. The van der Waals surface area contributed by atoms with Crippen LogP contribution in [0.5, 0.6) is 0 Å². The Balaban J connectivity index is 0.000000208. The van der Waals surface area contributed by atoms with E-state index < -0.39 is 23.2 Å². The van der Waals surface area contributed by atoms with Crippen molar-refractivity contribution in [3.05, 3.63) is 0 Å². The first kappa shape index (κ1) is 42.4. The first-order valence-corrected chi connectivity index (χ1v) is 21.2. The van der Waals surface area contributed by atoms with Crippen molar-refractivity contribution in [2.24, 2.45) is 0 Å². The third kappa shape index (κ3) is 11.2. The van der Waals surface area contributed by atoms with E-state index in [1.807, 2.05) is 20.8 Å². The molecule has 12 nitrogen and oxygen atoms in total. The molecule has 0 bridgehead atoms. The molecule has 2 aliphatic carbocycles. The topological polar surface area (TPSA) is 124 Å². The fourth-order valence-corrected chi connectivity index (χ4v) is 9.23. The zero-order valence-electron chi connectivity index (χ0n) is 33.3. The molecular formula is C40H68F2N6O6. The quantitative estimate of drug-likeness (QED) is 0.322. The van der Waals surface area contributed by atoms with Crippen molar-refractivity contribution >= 4 is 24.0 Å². The van der Waals surface area contributed by atoms with E-state index in [1.165, 1.54) is 0 Å². The molecule has 4 aliphatic heterocycles. The van der Waals surface area contributed by atoms with Gasteiger partial charge in [0.25, 0.3) is 11.8 Å². The van der Waals surface area contributed by atoms with E-state index in [0.29, 0.717) is 64.6 Å². The average molecular weight is 767 g/mol. The van der Waals surface area contributed by atoms with Crippen LogP contribution in [0.4, 0.5) is 18.4 Å². The number of amides is 4. The van der Waals surface area contributed by atoms with Gasteiger partial charge in [0, 0.05) is 102 Å². The fraction of sp³-hybridized carbons (Fsp3) is 0.900. The molecular weight excluding hydrogens is 698 g/mol. The summed E-state index contributed by atoms with van der Waals surface area (Å²) in [5, 5.41) is 5.88. The zero-order chi connectivity index (χ0) is 38.8. The van der Waals surface area contributed by atoms with Gasteiger partial charge >= 0.3 is 12.2 Å². The summed E-state index contributed by atoms with van der Waals surface area (Å²) in [5.74, 6) is -0.817. The summed E-state index contributed by atoms with van der Waals surface area (Å²) in [6, 6.07) is 0.868. The SMILES string of the molecule is CCOC(=O)N1CCCC(N2CCC(F)(C(=O)NC3(C)CCC3)CC2)CC1.CCOC(=O)N1CCCC(N2CCC(F)(C(=O)NC3CCCC3)CC2)CC1. The Morgan fingerprint density at radius 1 is 0.574 bits per heavy atom. The lowest BCUT2D eigenvalue weighted by Crippen LogP contribution is -2.59. The molecule has 14 heteroatoms. The number of nitrogens with one attached hydrogen (secondary N) is 2. The molecule has 2 saturated carbocycles. The number of ether oxygens (including phenoxy) is 2. The van der Waals surface area contributed by atoms with Crippen LogP contribution in [0.3, 0.4) is 0 Å². The molecule has 308 valence electrons. The van der Waals surface area contributed by atoms with E-state index in [-0.39, 0.29) is 49.5 Å². The molecule has 0 spiro atoms. The summed E-state index contributed by atoms with van der Waals surface area (Å²) < 4.78 is 40.6. The molecule has 4 heterocycles. The summed E-state index contributed by atoms with van der Waals surface area (Å²) in [5.41, 5.74) is -3.66. The largest absolute Gasteiger partial charge is 0.450 e. The van der Waals surface area contributed by atoms with Gasteiger partial charge in [-0.05, 0) is 91.4 Å². The van der Waals surface area contributed by atoms with Crippen molar-refractivity contribution < 1.29 is 37.4 Å². The van der Waals surface area contributed by atoms with Crippen LogP contribution in [0.2, 0.25) is 0 Å². The number of likely N-dealkylation sites (tertiary alicyclic amines) is 4. The summed E-state index contributed by atoms with van der Waals surface area (Å²) in [4.78, 5) is 57.0. The maximum absolute atomic E-state index is 15.2. The highest BCUT2D eigenvalue weighted by molar-refractivity contribution is 5.86. The number of carbonyl (C=O) groups is 4. The molecule has 2 atom stereocenters. The van der Waals surface area contributed by atoms with Gasteiger partial charge in [-0.15, -0.1) is 0 Å². The Labute approximate surface area is 321 Å². The molecule has 2 unspecified atom stereocenters. The van der Waals surface area contributed by atoms with Crippen LogP contribution in [0.25, 0.3) is 0 Å². The highest BCUT2D eigenvalue weighted by Crippen LogP contribution is 2.35. The molecule has 0 aromatic heterocycles. The van der Waals surface area contributed by atoms with Crippen molar-refractivity contribution in [1.82, 2.24) is 30.2 Å². The van der Waals surface area contributed by atoms with Crippen molar-refractivity contribution in [2.75, 3.05) is 65.6 Å². The van der Waals surface area contributed by atoms with Crippen molar-refractivity contribution in [2.45, 2.75) is 165 Å². The predicted octanol–water partition coefficient (Wildman–Crippen LogP) is 5.72. The third-order valence-electron chi connectivity index (χ3n) is 13.0. The molecule has 54 heavy (non-hydrogen) atoms. The number of nitrogens with zero attached hydrogens (tertiary/aromatic N) is 4. The number of piperidine rings is 2. The highest BCUT2D eigenvalue weighted by Gasteiger charge is 2.47. The van der Waals surface area contributed by atoms with Gasteiger partial charge in [0.1, 0.15) is 0 Å². The maximum atomic E-state index is 15.2. The second-order valence-electron chi connectivity index (χ2n) is 16.9. The third-order valence-corrected chi connectivity index (χ3v) is 13.0. The van der Waals surface area contributed by atoms with E-state index in [0.717, 1.165) is 96.6 Å². The van der Waals surface area contributed by atoms with Crippen LogP contribution in [0.15, 0.2) is 0 Å². The van der Waals surface area contributed by atoms with E-state index in [4.69, 9.17) is 9.47 Å². The Bertz CT molecular complexity index is 1250. The Morgan fingerprint density at radius 3 is 1.43 bits per heavy atom. The number of alkyl halides is 2. The predicted molar refractivity (Wildman–Crippen MR) is 203 cm³/mol. The van der Waals surface area contributed by atoms with E-state index in [2.05, 4.69) is 20.4 Å². The summed E-state index contributed by atoms with van der Waals surface area (Å²) in [6.07, 6.45) is 13.4. The fourth-order valence-electron chi connectivity index (χ4n) is 9.23. The van der Waals surface area contributed by atoms with E-state index in [1.54, 1.807) is 9.80 Å². The van der Waals surface area contributed by atoms with Crippen LogP contribution in [-0.4, -0.2) is 144 Å². The summed E-state index contributed by atoms with van der Waals surface area (Å²) in [6.45, 7) is 11.7. The second kappa shape index (κ2) is 19.4. The molecule has 0 aromatic rings. The average Bonchev–Trinajstić information content (AvgIpc) is 3.37. The number of halogens is 2. The standard InChI is InChI=1S/2C20H34FN3O3/c1-3-27-18(26)24-12-4-6-16(7-13-24)23-14-10-20(21,11-15-23)17(25)22-19(2)8-5-9-19;1-2-27-19(26)24-12-5-8-17(9-13-24)23-14-10-20(21,11-15-23)18(25)22-16-6-3-4-7-16/h16H,3-15H2,1-2H3,(H,22,25);16-17H,2-15H2,1H3,(H,22,25). The molecule has 0 radical (unpaired) electrons. The minimum Gasteiger partial charge on any atom is -0.450 e. The van der Waals surface area contributed by atoms with Crippen LogP contribution < -0.4 is 10.6 Å². The molecule has 6 aliphatic rings. The van der Waals surface area contributed by atoms with Crippen molar-refractivity contribution in [3.8, 4) is 0 Å². The minimum atomic E-state index is -1.74. The van der Waals surface area contributed by atoms with E-state index >= 15 is 8.78 Å². The molecule has 6 fully saturated rings. The summed E-state index contributed by atoms with van der Waals surface area (Å²) in [7, 11) is 0. The Kier molecular flexibility index (Phi) is 15.2. The van der Waals surface area contributed by atoms with Gasteiger partial charge in [-0.3, -0.25) is 9.59 Å². The number of rotatable bonds is 8. The first-order valence-electron chi connectivity index (χ1n) is 21.2. The lowest BCUT2D eigenvalue weighted by atomic mass is 9.77. The van der Waals surface area contributed by atoms with Gasteiger partial charge in [0.15, 0.2) is 11.3 Å². The number of carbonyl (C=O) groups excluding carboxylic acids is 4. The maximum Gasteiger partial charge on any atom is 0.409 e. The van der Waals surface area contributed by atoms with Gasteiger partial charge in [-0.25, -0.2) is 18.4 Å². The second-order valence-corrected chi connectivity index (χ2v) is 16.9. The van der Waals surface area contributed by atoms with Gasteiger partial charge in [-0.1, -0.05) is 12.8 Å². The van der Waals surface area contributed by atoms with E-state index in [9.17, 15) is 19.2 Å². The zero-order valence-corrected chi connectivity index (χ0v) is 33.3. The van der Waals surface area contributed by atoms with Crippen molar-refractivity contribution in [3.63, 3.8) is 0 Å². The van der Waals surface area contributed by atoms with Gasteiger partial charge in [-0.2, -0.15) is 0 Å². The molecule has 4 saturated heterocycles. The van der Waals surface area contributed by atoms with Crippen LogP contribution >= 0.6 is 0 Å². The molecule has 2 N–H and O–H groups in total. The molecule has 0 aromatic carbocycles. The smallest absolute Gasteiger partial charge is 0.409 e. The molecule has 6 rings (SSSR count). The number of hydrogen-bond acceptors (Lipinski definition) is 8. The van der Waals surface area contributed by atoms with Gasteiger partial charge in [0.2, 0.25) is 0 Å². The summed E-state index contributed by atoms with van der Waals surface area (Å²) >= 11 is 0. The Hall–Kier alpha value is -2.74. The highest BCUT2D eigenvalue weighted by atomic mass is 19.1. The first-order chi connectivity index (χ1) is 25.9. The Morgan fingerprint density at radius 2 is 1.02 bits per heavy atom. The van der Waals surface area contributed by atoms with Gasteiger partial charge < -0.3 is 39.7 Å². The van der Waals surface area contributed by atoms with Crippen LogP contribution in [0, 0.1) is 0 Å². The monoisotopic (exact) mass is 767 g/mol. The lowest BCUT2D eigenvalue weighted by Gasteiger charge is -2.43.